The molecule has 0 fully saturated rings. The van der Waals surface area contributed by atoms with Gasteiger partial charge in [-0.1, -0.05) is 29.8 Å². The van der Waals surface area contributed by atoms with Crippen LogP contribution in [-0.4, -0.2) is 74.6 Å². The molecular formula is C25H31ClN2O9. The summed E-state index contributed by atoms with van der Waals surface area (Å²) < 4.78 is 16.0. The Morgan fingerprint density at radius 1 is 1.08 bits per heavy atom. The van der Waals surface area contributed by atoms with Gasteiger partial charge in [-0.3, -0.25) is 0 Å². The van der Waals surface area contributed by atoms with Crippen molar-refractivity contribution >= 4 is 35.5 Å². The fourth-order valence-corrected chi connectivity index (χ4v) is 3.60. The largest absolute Gasteiger partial charge is 0.478 e. The topological polar surface area (TPSA) is 160 Å². The number of esters is 2. The van der Waals surface area contributed by atoms with Gasteiger partial charge >= 0.3 is 23.9 Å². The average molecular weight is 539 g/mol. The van der Waals surface area contributed by atoms with E-state index in [0.29, 0.717) is 52.9 Å². The third-order valence-corrected chi connectivity index (χ3v) is 5.22. The van der Waals surface area contributed by atoms with Crippen LogP contribution in [0.4, 0.5) is 0 Å². The maximum atomic E-state index is 12.9. The van der Waals surface area contributed by atoms with Crippen molar-refractivity contribution in [3.8, 4) is 0 Å². The Bertz CT molecular complexity index is 1060. The maximum absolute atomic E-state index is 12.9. The number of dihydropyridines is 1. The first-order chi connectivity index (χ1) is 17.6. The second-order valence-electron chi connectivity index (χ2n) is 7.39. The lowest BCUT2D eigenvalue weighted by Gasteiger charge is -2.31. The van der Waals surface area contributed by atoms with Gasteiger partial charge in [0.05, 0.1) is 49.7 Å². The number of nitrogens with one attached hydrogen (secondary N) is 2. The van der Waals surface area contributed by atoms with Gasteiger partial charge in [-0.2, -0.15) is 0 Å². The number of hydrogen-bond donors (Lipinski definition) is 4. The van der Waals surface area contributed by atoms with Crippen molar-refractivity contribution in [2.75, 3.05) is 40.5 Å². The first-order valence-electron chi connectivity index (χ1n) is 11.2. The van der Waals surface area contributed by atoms with E-state index in [9.17, 15) is 19.2 Å². The van der Waals surface area contributed by atoms with Crippen LogP contribution in [0.2, 0.25) is 5.02 Å². The van der Waals surface area contributed by atoms with E-state index in [-0.39, 0.29) is 18.8 Å². The summed E-state index contributed by atoms with van der Waals surface area (Å²) in [4.78, 5) is 44.7. The highest BCUT2D eigenvalue weighted by Gasteiger charge is 2.39. The second-order valence-corrected chi connectivity index (χ2v) is 7.80. The molecule has 1 aliphatic heterocycles. The molecule has 1 unspecified atom stereocenters. The number of rotatable bonds is 11. The van der Waals surface area contributed by atoms with Crippen LogP contribution >= 0.6 is 11.6 Å². The molecule has 202 valence electrons. The van der Waals surface area contributed by atoms with Crippen LogP contribution in [0, 0.1) is 0 Å². The van der Waals surface area contributed by atoms with Crippen LogP contribution in [0.15, 0.2) is 59.0 Å². The molecule has 11 nitrogen and oxygen atoms in total. The number of benzene rings is 1. The molecule has 0 amide bonds. The molecule has 1 atom stereocenters. The van der Waals surface area contributed by atoms with Crippen LogP contribution in [0.1, 0.15) is 25.3 Å². The highest BCUT2D eigenvalue weighted by molar-refractivity contribution is 6.31. The average Bonchev–Trinajstić information content (AvgIpc) is 2.85. The highest BCUT2D eigenvalue weighted by atomic mass is 35.5. The van der Waals surface area contributed by atoms with E-state index in [0.717, 1.165) is 0 Å². The molecule has 0 saturated heterocycles. The molecule has 0 spiro atoms. The molecule has 12 heteroatoms. The first-order valence-corrected chi connectivity index (χ1v) is 11.5. The zero-order valence-electron chi connectivity index (χ0n) is 21.0. The number of likely N-dealkylation sites (N-methyl/N-ethyl adjacent to an activating group) is 1. The van der Waals surface area contributed by atoms with Gasteiger partial charge in [0, 0.05) is 29.4 Å². The predicted octanol–water partition coefficient (Wildman–Crippen LogP) is 2.24. The third-order valence-electron chi connectivity index (χ3n) is 4.87. The van der Waals surface area contributed by atoms with E-state index in [1.165, 1.54) is 7.11 Å². The second kappa shape index (κ2) is 16.1. The standard InChI is InChI=1S/C21H27ClN2O5.C4H4O4/c1-5-29-21(26)19-16(12-28-11-10-23-3)24-13(2)17(20(25)27-4)18(19)14-8-6-7-9-15(14)22;5-3(6)1-2-4(7)8/h6-9,18,23-24H,5,10-12H2,1-4H3;1-2H,(H,5,6)(H,7,8)/b;2-1+. The van der Waals surface area contributed by atoms with Gasteiger partial charge in [0.25, 0.3) is 0 Å². The lowest BCUT2D eigenvalue weighted by atomic mass is 9.80. The summed E-state index contributed by atoms with van der Waals surface area (Å²) in [6.07, 6.45) is 1.12. The van der Waals surface area contributed by atoms with E-state index in [1.54, 1.807) is 38.1 Å². The van der Waals surface area contributed by atoms with Crippen LogP contribution in [-0.2, 0) is 33.4 Å². The third kappa shape index (κ3) is 9.71. The molecule has 4 N–H and O–H groups in total. The van der Waals surface area contributed by atoms with Gasteiger partial charge in [0.2, 0.25) is 0 Å². The zero-order chi connectivity index (χ0) is 28.0. The molecule has 1 heterocycles. The molecule has 1 aliphatic rings. The first kappa shape index (κ1) is 31.4. The molecule has 1 aromatic rings. The Labute approximate surface area is 219 Å². The summed E-state index contributed by atoms with van der Waals surface area (Å²) in [6, 6.07) is 7.10. The van der Waals surface area contributed by atoms with Crippen molar-refractivity contribution in [2.45, 2.75) is 19.8 Å². The van der Waals surface area contributed by atoms with E-state index >= 15 is 0 Å². The van der Waals surface area contributed by atoms with E-state index in [2.05, 4.69) is 10.6 Å². The monoisotopic (exact) mass is 538 g/mol. The SMILES string of the molecule is CCOC(=O)C1=C(COCCNC)NC(C)=C(C(=O)OC)C1c1ccccc1Cl.O=C(O)/C=C/C(=O)O. The molecule has 0 aromatic heterocycles. The van der Waals surface area contributed by atoms with Crippen molar-refractivity contribution in [2.24, 2.45) is 0 Å². The molecular weight excluding hydrogens is 508 g/mol. The van der Waals surface area contributed by atoms with Crippen molar-refractivity contribution in [1.29, 1.82) is 0 Å². The molecule has 0 aliphatic carbocycles. The number of carboxylic acid groups (broad SMARTS) is 2. The Morgan fingerprint density at radius 3 is 2.22 bits per heavy atom. The normalized spacial score (nSPS) is 15.0. The lowest BCUT2D eigenvalue weighted by molar-refractivity contribution is -0.139. The summed E-state index contributed by atoms with van der Waals surface area (Å²) in [7, 11) is 3.13. The molecule has 0 radical (unpaired) electrons. The summed E-state index contributed by atoms with van der Waals surface area (Å²) in [6.45, 7) is 4.96. The smallest absolute Gasteiger partial charge is 0.336 e. The molecule has 0 saturated carbocycles. The van der Waals surface area contributed by atoms with Gasteiger partial charge in [-0.05, 0) is 32.5 Å². The molecule has 1 aromatic carbocycles. The summed E-state index contributed by atoms with van der Waals surface area (Å²) in [5.41, 5.74) is 2.32. The summed E-state index contributed by atoms with van der Waals surface area (Å²) >= 11 is 6.45. The number of allylic oxidation sites excluding steroid dienone is 1. The van der Waals surface area contributed by atoms with Gasteiger partial charge in [0.15, 0.2) is 0 Å². The minimum Gasteiger partial charge on any atom is -0.478 e. The minimum atomic E-state index is -1.26. The van der Waals surface area contributed by atoms with E-state index in [4.69, 9.17) is 36.0 Å². The quantitative estimate of drug-likeness (QED) is 0.186. The fraction of sp³-hybridized carbons (Fsp3) is 0.360. The summed E-state index contributed by atoms with van der Waals surface area (Å²) in [5.74, 6) is -4.33. The predicted molar refractivity (Wildman–Crippen MR) is 135 cm³/mol. The van der Waals surface area contributed by atoms with Crippen molar-refractivity contribution in [1.82, 2.24) is 10.6 Å². The van der Waals surface area contributed by atoms with E-state index in [1.807, 2.05) is 7.05 Å². The molecule has 2 rings (SSSR count). The number of aliphatic carboxylic acids is 2. The van der Waals surface area contributed by atoms with Crippen molar-refractivity contribution < 1.29 is 43.6 Å². The maximum Gasteiger partial charge on any atom is 0.336 e. The Kier molecular flexibility index (Phi) is 13.7. The lowest BCUT2D eigenvalue weighted by Crippen LogP contribution is -2.35. The van der Waals surface area contributed by atoms with Crippen LogP contribution in [0.3, 0.4) is 0 Å². The molecule has 37 heavy (non-hydrogen) atoms. The van der Waals surface area contributed by atoms with Gasteiger partial charge in [-0.25, -0.2) is 19.2 Å². The number of carboxylic acids is 2. The van der Waals surface area contributed by atoms with Gasteiger partial charge in [-0.15, -0.1) is 0 Å². The number of methoxy groups -OCH3 is 1. The summed E-state index contributed by atoms with van der Waals surface area (Å²) in [5, 5.41) is 22.2. The molecule has 0 bridgehead atoms. The Balaban J connectivity index is 0.000000738. The number of hydrogen-bond acceptors (Lipinski definition) is 9. The number of carbonyl (C=O) groups excluding carboxylic acids is 2. The Hall–Kier alpha value is -3.67. The number of ether oxygens (including phenoxy) is 3. The van der Waals surface area contributed by atoms with Crippen LogP contribution < -0.4 is 10.6 Å². The van der Waals surface area contributed by atoms with E-state index < -0.39 is 29.8 Å². The fourth-order valence-electron chi connectivity index (χ4n) is 3.35. The van der Waals surface area contributed by atoms with Crippen LogP contribution in [0.25, 0.3) is 0 Å². The zero-order valence-corrected chi connectivity index (χ0v) is 21.8. The van der Waals surface area contributed by atoms with Crippen molar-refractivity contribution in [3.63, 3.8) is 0 Å². The number of halogens is 1. The number of carbonyl (C=O) groups is 4. The highest BCUT2D eigenvalue weighted by Crippen LogP contribution is 2.41. The minimum absolute atomic E-state index is 0.155. The van der Waals surface area contributed by atoms with Crippen LogP contribution in [0.5, 0.6) is 0 Å². The van der Waals surface area contributed by atoms with Crippen molar-refractivity contribution in [3.05, 3.63) is 69.5 Å². The Morgan fingerprint density at radius 2 is 1.70 bits per heavy atom. The van der Waals surface area contributed by atoms with Gasteiger partial charge in [0.1, 0.15) is 0 Å². The van der Waals surface area contributed by atoms with Gasteiger partial charge < -0.3 is 35.1 Å².